The van der Waals surface area contributed by atoms with Gasteiger partial charge in [0.15, 0.2) is 0 Å². The third-order valence-corrected chi connectivity index (χ3v) is 5.75. The molecule has 0 aromatic heterocycles. The molecule has 1 N–H and O–H groups in total. The van der Waals surface area contributed by atoms with Crippen LogP contribution in [-0.2, 0) is 0 Å². The van der Waals surface area contributed by atoms with Crippen molar-refractivity contribution in [3.05, 3.63) is 0 Å². The molecule has 0 aliphatic heterocycles. The maximum atomic E-state index is 11.0. The molecular formula is C15H25NO. The van der Waals surface area contributed by atoms with Crippen molar-refractivity contribution < 1.29 is 5.11 Å². The highest BCUT2D eigenvalue weighted by molar-refractivity contribution is 5.20. The second-order valence-electron chi connectivity index (χ2n) is 6.70. The maximum absolute atomic E-state index is 11.0. The van der Waals surface area contributed by atoms with E-state index >= 15 is 0 Å². The van der Waals surface area contributed by atoms with Gasteiger partial charge in [0, 0.05) is 0 Å². The van der Waals surface area contributed by atoms with E-state index in [2.05, 4.69) is 19.9 Å². The topological polar surface area (TPSA) is 44.0 Å². The number of hydrogen-bond donors (Lipinski definition) is 1. The molecule has 2 rings (SSSR count). The van der Waals surface area contributed by atoms with Crippen LogP contribution in [0.25, 0.3) is 0 Å². The van der Waals surface area contributed by atoms with E-state index in [1.807, 2.05) is 6.92 Å². The zero-order valence-corrected chi connectivity index (χ0v) is 11.4. The van der Waals surface area contributed by atoms with Gasteiger partial charge in [-0.15, -0.1) is 0 Å². The Hall–Kier alpha value is -0.550. The first kappa shape index (κ1) is 12.9. The van der Waals surface area contributed by atoms with Gasteiger partial charge in [-0.3, -0.25) is 0 Å². The third-order valence-electron chi connectivity index (χ3n) is 5.75. The molecule has 96 valence electrons. The molecule has 0 spiro atoms. The normalized spacial score (nSPS) is 39.1. The highest BCUT2D eigenvalue weighted by Crippen LogP contribution is 2.63. The summed E-state index contributed by atoms with van der Waals surface area (Å²) in [4.78, 5) is 0. The zero-order chi connectivity index (χ0) is 12.7. The van der Waals surface area contributed by atoms with Crippen molar-refractivity contribution in [2.45, 2.75) is 71.3 Å². The first-order chi connectivity index (χ1) is 7.91. The summed E-state index contributed by atoms with van der Waals surface area (Å²) in [5.74, 6) is 0.622. The molecular weight excluding hydrogens is 210 g/mol. The van der Waals surface area contributed by atoms with Crippen molar-refractivity contribution in [2.75, 3.05) is 0 Å². The Labute approximate surface area is 105 Å². The summed E-state index contributed by atoms with van der Waals surface area (Å²) in [5, 5.41) is 20.7. The lowest BCUT2D eigenvalue weighted by atomic mass is 9.57. The average Bonchev–Trinajstić information content (AvgIpc) is 3.08. The van der Waals surface area contributed by atoms with Gasteiger partial charge in [-0.2, -0.15) is 5.26 Å². The number of aliphatic hydroxyl groups is 1. The Morgan fingerprint density at radius 2 is 2.06 bits per heavy atom. The standard InChI is InChI=1S/C15H25NO/c1-4-12-6-5-7-15(10-12,11-16)14(3,17)13(2)8-9-13/h12,17H,4-10H2,1-3H3. The van der Waals surface area contributed by atoms with E-state index in [-0.39, 0.29) is 5.41 Å². The number of hydrogen-bond acceptors (Lipinski definition) is 2. The largest absolute Gasteiger partial charge is 0.388 e. The van der Waals surface area contributed by atoms with Gasteiger partial charge in [0.25, 0.3) is 0 Å². The molecule has 2 aliphatic carbocycles. The lowest BCUT2D eigenvalue weighted by Crippen LogP contribution is -2.53. The quantitative estimate of drug-likeness (QED) is 0.811. The second-order valence-corrected chi connectivity index (χ2v) is 6.70. The van der Waals surface area contributed by atoms with Gasteiger partial charge in [-0.1, -0.05) is 33.1 Å². The highest BCUT2D eigenvalue weighted by Gasteiger charge is 2.63. The first-order valence-electron chi connectivity index (χ1n) is 7.04. The van der Waals surface area contributed by atoms with Gasteiger partial charge < -0.3 is 5.11 Å². The van der Waals surface area contributed by atoms with Crippen LogP contribution in [0, 0.1) is 28.1 Å². The van der Waals surface area contributed by atoms with Crippen LogP contribution in [0.1, 0.15) is 65.7 Å². The third kappa shape index (κ3) is 1.80. The fourth-order valence-electron chi connectivity index (χ4n) is 3.64. The predicted octanol–water partition coefficient (Wildman–Crippen LogP) is 3.65. The molecule has 2 fully saturated rings. The monoisotopic (exact) mass is 235 g/mol. The lowest BCUT2D eigenvalue weighted by molar-refractivity contribution is -0.115. The smallest absolute Gasteiger partial charge is 0.0865 e. The summed E-state index contributed by atoms with van der Waals surface area (Å²) in [6, 6.07) is 2.52. The molecule has 2 saturated carbocycles. The molecule has 2 nitrogen and oxygen atoms in total. The van der Waals surface area contributed by atoms with Crippen LogP contribution in [-0.4, -0.2) is 10.7 Å². The van der Waals surface area contributed by atoms with Gasteiger partial charge in [0.1, 0.15) is 0 Å². The molecule has 0 aromatic rings. The summed E-state index contributed by atoms with van der Waals surface area (Å²) in [6.07, 6.45) is 7.37. The van der Waals surface area contributed by atoms with Crippen LogP contribution < -0.4 is 0 Å². The van der Waals surface area contributed by atoms with Crippen LogP contribution in [0.3, 0.4) is 0 Å². The fourth-order valence-corrected chi connectivity index (χ4v) is 3.64. The Bertz CT molecular complexity index is 337. The van der Waals surface area contributed by atoms with Crippen molar-refractivity contribution in [2.24, 2.45) is 16.7 Å². The first-order valence-corrected chi connectivity index (χ1v) is 7.04. The van der Waals surface area contributed by atoms with Gasteiger partial charge >= 0.3 is 0 Å². The van der Waals surface area contributed by atoms with E-state index in [9.17, 15) is 10.4 Å². The number of nitriles is 1. The SMILES string of the molecule is CCC1CCCC(C#N)(C(C)(O)C2(C)CC2)C1. The van der Waals surface area contributed by atoms with E-state index < -0.39 is 11.0 Å². The molecule has 3 atom stereocenters. The lowest BCUT2D eigenvalue weighted by Gasteiger charge is -2.48. The molecule has 0 saturated heterocycles. The Morgan fingerprint density at radius 3 is 2.53 bits per heavy atom. The van der Waals surface area contributed by atoms with Crippen LogP contribution in [0.4, 0.5) is 0 Å². The van der Waals surface area contributed by atoms with Gasteiger partial charge in [-0.25, -0.2) is 0 Å². The van der Waals surface area contributed by atoms with Crippen molar-refractivity contribution in [3.63, 3.8) is 0 Å². The Morgan fingerprint density at radius 1 is 1.41 bits per heavy atom. The van der Waals surface area contributed by atoms with Crippen molar-refractivity contribution >= 4 is 0 Å². The highest BCUT2D eigenvalue weighted by atomic mass is 16.3. The van der Waals surface area contributed by atoms with Crippen molar-refractivity contribution in [1.29, 1.82) is 5.26 Å². The van der Waals surface area contributed by atoms with Gasteiger partial charge in [0.05, 0.1) is 17.1 Å². The molecule has 0 bridgehead atoms. The number of rotatable bonds is 3. The van der Waals surface area contributed by atoms with E-state index in [0.717, 1.165) is 38.5 Å². The molecule has 0 heterocycles. The average molecular weight is 235 g/mol. The van der Waals surface area contributed by atoms with E-state index in [1.54, 1.807) is 0 Å². The van der Waals surface area contributed by atoms with Crippen LogP contribution in [0.5, 0.6) is 0 Å². The minimum absolute atomic E-state index is 0.0155. The van der Waals surface area contributed by atoms with Crippen LogP contribution >= 0.6 is 0 Å². The van der Waals surface area contributed by atoms with E-state index in [4.69, 9.17) is 0 Å². The molecule has 17 heavy (non-hydrogen) atoms. The maximum Gasteiger partial charge on any atom is 0.0865 e. The van der Waals surface area contributed by atoms with Crippen LogP contribution in [0.2, 0.25) is 0 Å². The summed E-state index contributed by atoms with van der Waals surface area (Å²) < 4.78 is 0. The molecule has 0 radical (unpaired) electrons. The van der Waals surface area contributed by atoms with Gasteiger partial charge in [-0.05, 0) is 43.9 Å². The Balaban J connectivity index is 2.28. The summed E-state index contributed by atoms with van der Waals surface area (Å²) in [6.45, 7) is 6.26. The van der Waals surface area contributed by atoms with Crippen molar-refractivity contribution in [1.82, 2.24) is 0 Å². The van der Waals surface area contributed by atoms with Crippen molar-refractivity contribution in [3.8, 4) is 6.07 Å². The summed E-state index contributed by atoms with van der Waals surface area (Å²) in [7, 11) is 0. The minimum Gasteiger partial charge on any atom is -0.388 e. The molecule has 3 unspecified atom stereocenters. The van der Waals surface area contributed by atoms with E-state index in [1.165, 1.54) is 6.42 Å². The molecule has 0 aromatic carbocycles. The predicted molar refractivity (Wildman–Crippen MR) is 68.3 cm³/mol. The fraction of sp³-hybridized carbons (Fsp3) is 0.933. The second kappa shape index (κ2) is 3.99. The van der Waals surface area contributed by atoms with Crippen LogP contribution in [0.15, 0.2) is 0 Å². The van der Waals surface area contributed by atoms with Gasteiger partial charge in [0.2, 0.25) is 0 Å². The minimum atomic E-state index is -0.817. The Kier molecular flexibility index (Phi) is 3.02. The molecule has 2 heteroatoms. The summed E-state index contributed by atoms with van der Waals surface area (Å²) in [5.41, 5.74) is -1.34. The van der Waals surface area contributed by atoms with E-state index in [0.29, 0.717) is 5.92 Å². The zero-order valence-electron chi connectivity index (χ0n) is 11.4. The number of nitrogens with zero attached hydrogens (tertiary/aromatic N) is 1. The molecule has 2 aliphatic rings. The summed E-state index contributed by atoms with van der Waals surface area (Å²) >= 11 is 0. The molecule has 0 amide bonds.